The van der Waals surface area contributed by atoms with Gasteiger partial charge in [-0.3, -0.25) is 0 Å². The van der Waals surface area contributed by atoms with Gasteiger partial charge in [-0.1, -0.05) is 20.8 Å². The Hall–Kier alpha value is -0.940. The second kappa shape index (κ2) is 6.22. The Morgan fingerprint density at radius 3 is 2.95 bits per heavy atom. The molecule has 2 atom stereocenters. The van der Waals surface area contributed by atoms with E-state index < -0.39 is 0 Å². The first-order valence-corrected chi connectivity index (χ1v) is 8.13. The summed E-state index contributed by atoms with van der Waals surface area (Å²) in [5.74, 6) is 0.305. The van der Waals surface area contributed by atoms with Crippen molar-refractivity contribution in [3.05, 3.63) is 16.1 Å². The number of ether oxygens (including phenoxy) is 1. The Morgan fingerprint density at radius 2 is 2.30 bits per heavy atom. The number of hydrogen-bond donors (Lipinski definition) is 1. The van der Waals surface area contributed by atoms with Crippen LogP contribution in [0, 0.1) is 11.3 Å². The Labute approximate surface area is 124 Å². The molecule has 1 aliphatic rings. The van der Waals surface area contributed by atoms with Crippen molar-refractivity contribution in [2.24, 2.45) is 17.1 Å². The van der Waals surface area contributed by atoms with Crippen LogP contribution in [0.25, 0.3) is 0 Å². The van der Waals surface area contributed by atoms with E-state index in [9.17, 15) is 4.79 Å². The molecule has 0 aromatic carbocycles. The van der Waals surface area contributed by atoms with Crippen molar-refractivity contribution in [3.63, 3.8) is 0 Å². The summed E-state index contributed by atoms with van der Waals surface area (Å²) in [4.78, 5) is 16.4. The van der Waals surface area contributed by atoms with Crippen LogP contribution >= 0.6 is 11.3 Å². The first kappa shape index (κ1) is 15.4. The normalized spacial score (nSPS) is 25.4. The average Bonchev–Trinajstić information content (AvgIpc) is 2.75. The predicted molar refractivity (Wildman–Crippen MR) is 80.9 cm³/mol. The molecule has 1 saturated carbocycles. The summed E-state index contributed by atoms with van der Waals surface area (Å²) >= 11 is 1.47. The van der Waals surface area contributed by atoms with E-state index in [1.54, 1.807) is 5.38 Å². The summed E-state index contributed by atoms with van der Waals surface area (Å²) in [5.41, 5.74) is 6.16. The predicted octanol–water partition coefficient (Wildman–Crippen LogP) is 3.02. The summed E-state index contributed by atoms with van der Waals surface area (Å²) in [6.45, 7) is 7.26. The highest BCUT2D eigenvalue weighted by atomic mass is 32.1. The van der Waals surface area contributed by atoms with E-state index in [1.165, 1.54) is 17.8 Å². The van der Waals surface area contributed by atoms with Gasteiger partial charge in [-0.25, -0.2) is 9.78 Å². The zero-order valence-corrected chi connectivity index (χ0v) is 13.3. The van der Waals surface area contributed by atoms with Crippen LogP contribution in [0.1, 0.15) is 55.5 Å². The Kier molecular flexibility index (Phi) is 4.81. The third kappa shape index (κ3) is 4.03. The summed E-state index contributed by atoms with van der Waals surface area (Å²) in [6, 6.07) is 0. The number of carbonyl (C=O) groups is 1. The van der Waals surface area contributed by atoms with E-state index in [0.717, 1.165) is 17.8 Å². The van der Waals surface area contributed by atoms with Crippen LogP contribution < -0.4 is 5.73 Å². The minimum atomic E-state index is -0.292. The number of thiazole rings is 1. The fourth-order valence-corrected chi connectivity index (χ4v) is 3.99. The summed E-state index contributed by atoms with van der Waals surface area (Å²) < 4.78 is 5.65. The van der Waals surface area contributed by atoms with Crippen LogP contribution in [-0.4, -0.2) is 23.6 Å². The van der Waals surface area contributed by atoms with E-state index >= 15 is 0 Å². The minimum Gasteiger partial charge on any atom is -0.458 e. The maximum Gasteiger partial charge on any atom is 0.358 e. The number of esters is 1. The van der Waals surface area contributed by atoms with Crippen molar-refractivity contribution in [1.82, 2.24) is 4.98 Å². The van der Waals surface area contributed by atoms with E-state index in [2.05, 4.69) is 25.8 Å². The molecular formula is C15H24N2O2S. The molecule has 2 rings (SSSR count). The van der Waals surface area contributed by atoms with Gasteiger partial charge >= 0.3 is 5.97 Å². The Balaban J connectivity index is 1.96. The SMILES string of the molecule is CC1CC(OC(=O)c2csc(CCN)n2)CC(C)(C)C1. The first-order chi connectivity index (χ1) is 9.39. The smallest absolute Gasteiger partial charge is 0.358 e. The molecular weight excluding hydrogens is 272 g/mol. The molecule has 1 fully saturated rings. The van der Waals surface area contributed by atoms with Crippen molar-refractivity contribution >= 4 is 17.3 Å². The molecule has 1 heterocycles. The van der Waals surface area contributed by atoms with Crippen LogP contribution in [0.4, 0.5) is 0 Å². The van der Waals surface area contributed by atoms with Crippen LogP contribution in [0.15, 0.2) is 5.38 Å². The van der Waals surface area contributed by atoms with Gasteiger partial charge in [0.15, 0.2) is 5.69 Å². The number of aromatic nitrogens is 1. The lowest BCUT2D eigenvalue weighted by Gasteiger charge is -2.38. The summed E-state index contributed by atoms with van der Waals surface area (Å²) in [5, 5.41) is 2.67. The highest BCUT2D eigenvalue weighted by Gasteiger charge is 2.34. The van der Waals surface area contributed by atoms with Gasteiger partial charge in [-0.05, 0) is 37.1 Å². The maximum absolute atomic E-state index is 12.1. The average molecular weight is 296 g/mol. The molecule has 0 spiro atoms. The monoisotopic (exact) mass is 296 g/mol. The summed E-state index contributed by atoms with van der Waals surface area (Å²) in [7, 11) is 0. The van der Waals surface area contributed by atoms with Gasteiger partial charge in [-0.15, -0.1) is 11.3 Å². The van der Waals surface area contributed by atoms with Crippen molar-refractivity contribution < 1.29 is 9.53 Å². The molecule has 0 bridgehead atoms. The molecule has 112 valence electrons. The van der Waals surface area contributed by atoms with Gasteiger partial charge in [0.2, 0.25) is 0 Å². The lowest BCUT2D eigenvalue weighted by molar-refractivity contribution is -0.00761. The van der Waals surface area contributed by atoms with Crippen LogP contribution in [-0.2, 0) is 11.2 Å². The molecule has 2 unspecified atom stereocenters. The molecule has 0 amide bonds. The van der Waals surface area contributed by atoms with Crippen LogP contribution in [0.3, 0.4) is 0 Å². The van der Waals surface area contributed by atoms with Crippen molar-refractivity contribution in [3.8, 4) is 0 Å². The maximum atomic E-state index is 12.1. The first-order valence-electron chi connectivity index (χ1n) is 7.25. The lowest BCUT2D eigenvalue weighted by Crippen LogP contribution is -2.34. The third-order valence-corrected chi connectivity index (χ3v) is 4.65. The summed E-state index contributed by atoms with van der Waals surface area (Å²) in [6.07, 6.45) is 3.81. The molecule has 0 radical (unpaired) electrons. The largest absolute Gasteiger partial charge is 0.458 e. The number of nitrogens with zero attached hydrogens (tertiary/aromatic N) is 1. The zero-order valence-electron chi connectivity index (χ0n) is 12.5. The van der Waals surface area contributed by atoms with Crippen molar-refractivity contribution in [2.75, 3.05) is 6.54 Å². The van der Waals surface area contributed by atoms with Gasteiger partial charge in [-0.2, -0.15) is 0 Å². The van der Waals surface area contributed by atoms with Crippen LogP contribution in [0.2, 0.25) is 0 Å². The fraction of sp³-hybridized carbons (Fsp3) is 0.733. The standard InChI is InChI=1S/C15H24N2O2S/c1-10-6-11(8-15(2,3)7-10)19-14(18)12-9-20-13(17-12)4-5-16/h9-11H,4-8,16H2,1-3H3. The zero-order chi connectivity index (χ0) is 14.8. The molecule has 1 aromatic heterocycles. The molecule has 0 aliphatic heterocycles. The topological polar surface area (TPSA) is 65.2 Å². The van der Waals surface area contributed by atoms with E-state index in [-0.39, 0.29) is 17.5 Å². The molecule has 5 heteroatoms. The quantitative estimate of drug-likeness (QED) is 0.867. The van der Waals surface area contributed by atoms with Crippen molar-refractivity contribution in [1.29, 1.82) is 0 Å². The highest BCUT2D eigenvalue weighted by molar-refractivity contribution is 7.09. The van der Waals surface area contributed by atoms with Crippen molar-refractivity contribution in [2.45, 2.75) is 52.6 Å². The van der Waals surface area contributed by atoms with Gasteiger partial charge in [0, 0.05) is 11.8 Å². The minimum absolute atomic E-state index is 0.0147. The van der Waals surface area contributed by atoms with Gasteiger partial charge in [0.1, 0.15) is 6.10 Å². The fourth-order valence-electron chi connectivity index (χ4n) is 3.20. The number of rotatable bonds is 4. The van der Waals surface area contributed by atoms with Crippen LogP contribution in [0.5, 0.6) is 0 Å². The molecule has 20 heavy (non-hydrogen) atoms. The molecule has 1 aliphatic carbocycles. The lowest BCUT2D eigenvalue weighted by atomic mass is 9.71. The Morgan fingerprint density at radius 1 is 1.55 bits per heavy atom. The number of carbonyl (C=O) groups excluding carboxylic acids is 1. The molecule has 2 N–H and O–H groups in total. The Bertz CT molecular complexity index is 470. The van der Waals surface area contributed by atoms with Gasteiger partial charge in [0.25, 0.3) is 0 Å². The third-order valence-electron chi connectivity index (χ3n) is 3.74. The molecule has 1 aromatic rings. The van der Waals surface area contributed by atoms with Gasteiger partial charge in [0.05, 0.1) is 5.01 Å². The van der Waals surface area contributed by atoms with E-state index in [4.69, 9.17) is 10.5 Å². The highest BCUT2D eigenvalue weighted by Crippen LogP contribution is 2.39. The number of nitrogens with two attached hydrogens (primary N) is 1. The second-order valence-electron chi connectivity index (χ2n) is 6.61. The number of hydrogen-bond acceptors (Lipinski definition) is 5. The van der Waals surface area contributed by atoms with E-state index in [1.807, 2.05) is 0 Å². The molecule has 4 nitrogen and oxygen atoms in total. The second-order valence-corrected chi connectivity index (χ2v) is 7.55. The van der Waals surface area contributed by atoms with Gasteiger partial charge < -0.3 is 10.5 Å². The van der Waals surface area contributed by atoms with E-state index in [0.29, 0.717) is 24.6 Å². The molecule has 0 saturated heterocycles.